The monoisotopic (exact) mass is 366 g/mol. The van der Waals surface area contributed by atoms with Gasteiger partial charge in [0.15, 0.2) is 0 Å². The van der Waals surface area contributed by atoms with Gasteiger partial charge < -0.3 is 10.1 Å². The molecular weight excluding hydrogens is 352 g/mol. The molecule has 0 unspecified atom stereocenters. The fraction of sp³-hybridized carbons (Fsp3) is 0.200. The number of hydrogen-bond donors (Lipinski definition) is 1. The predicted octanol–water partition coefficient (Wildman–Crippen LogP) is 3.97. The Morgan fingerprint density at radius 2 is 2.05 bits per heavy atom. The van der Waals surface area contributed by atoms with Gasteiger partial charge in [0.2, 0.25) is 5.91 Å². The van der Waals surface area contributed by atoms with Gasteiger partial charge in [0.1, 0.15) is 11.6 Å². The van der Waals surface area contributed by atoms with Gasteiger partial charge in [-0.15, -0.1) is 11.8 Å². The standard InChI is InChI=1S/C15H15BrN2O2S/c1-20-12-3-5-13(6-4-12)21-9-8-15(19)18-14-7-2-11(16)10-17-14/h2-7,10H,8-9H2,1H3,(H,17,18,19). The second-order valence-electron chi connectivity index (χ2n) is 4.18. The number of halogens is 1. The molecule has 0 saturated carbocycles. The summed E-state index contributed by atoms with van der Waals surface area (Å²) in [6.45, 7) is 0. The van der Waals surface area contributed by atoms with Crippen LogP contribution in [-0.2, 0) is 4.79 Å². The van der Waals surface area contributed by atoms with Gasteiger partial charge in [0.25, 0.3) is 0 Å². The first-order valence-electron chi connectivity index (χ1n) is 6.35. The maximum Gasteiger partial charge on any atom is 0.226 e. The summed E-state index contributed by atoms with van der Waals surface area (Å²) in [6.07, 6.45) is 2.09. The van der Waals surface area contributed by atoms with Crippen LogP contribution in [0.15, 0.2) is 52.0 Å². The fourth-order valence-electron chi connectivity index (χ4n) is 1.59. The van der Waals surface area contributed by atoms with E-state index < -0.39 is 0 Å². The third-order valence-electron chi connectivity index (χ3n) is 2.65. The number of amides is 1. The van der Waals surface area contributed by atoms with Crippen molar-refractivity contribution in [1.82, 2.24) is 4.98 Å². The van der Waals surface area contributed by atoms with Gasteiger partial charge >= 0.3 is 0 Å². The number of anilines is 1. The molecule has 1 aromatic carbocycles. The van der Waals surface area contributed by atoms with Gasteiger partial charge in [-0.3, -0.25) is 4.79 Å². The molecule has 1 heterocycles. The minimum absolute atomic E-state index is 0.0363. The molecule has 4 nitrogen and oxygen atoms in total. The van der Waals surface area contributed by atoms with E-state index in [2.05, 4.69) is 26.2 Å². The second kappa shape index (κ2) is 8.05. The minimum atomic E-state index is -0.0363. The summed E-state index contributed by atoms with van der Waals surface area (Å²) in [6, 6.07) is 11.4. The van der Waals surface area contributed by atoms with Gasteiger partial charge in [0.05, 0.1) is 7.11 Å². The van der Waals surface area contributed by atoms with E-state index in [1.165, 1.54) is 0 Å². The fourth-order valence-corrected chi connectivity index (χ4v) is 2.67. The number of nitrogens with one attached hydrogen (secondary N) is 1. The van der Waals surface area contributed by atoms with Crippen LogP contribution in [0.5, 0.6) is 5.75 Å². The predicted molar refractivity (Wildman–Crippen MR) is 88.9 cm³/mol. The first-order chi connectivity index (χ1) is 10.2. The number of carbonyl (C=O) groups is 1. The molecule has 0 saturated heterocycles. The smallest absolute Gasteiger partial charge is 0.226 e. The van der Waals surface area contributed by atoms with Crippen LogP contribution in [0.3, 0.4) is 0 Å². The molecule has 2 aromatic rings. The third kappa shape index (κ3) is 5.40. The Hall–Kier alpha value is -1.53. The number of benzene rings is 1. The van der Waals surface area contributed by atoms with Crippen molar-refractivity contribution in [2.75, 3.05) is 18.2 Å². The van der Waals surface area contributed by atoms with Crippen LogP contribution in [0.4, 0.5) is 5.82 Å². The van der Waals surface area contributed by atoms with E-state index >= 15 is 0 Å². The SMILES string of the molecule is COc1ccc(SCCC(=O)Nc2ccc(Br)cn2)cc1. The number of thioether (sulfide) groups is 1. The first-order valence-corrected chi connectivity index (χ1v) is 8.13. The lowest BCUT2D eigenvalue weighted by Gasteiger charge is -2.05. The molecule has 0 fully saturated rings. The number of nitrogens with zero attached hydrogens (tertiary/aromatic N) is 1. The van der Waals surface area contributed by atoms with Crippen molar-refractivity contribution in [2.45, 2.75) is 11.3 Å². The molecule has 0 atom stereocenters. The van der Waals surface area contributed by atoms with Crippen LogP contribution in [0.2, 0.25) is 0 Å². The Morgan fingerprint density at radius 3 is 2.67 bits per heavy atom. The van der Waals surface area contributed by atoms with Crippen LogP contribution in [0, 0.1) is 0 Å². The quantitative estimate of drug-likeness (QED) is 0.785. The molecule has 21 heavy (non-hydrogen) atoms. The highest BCUT2D eigenvalue weighted by atomic mass is 79.9. The number of aromatic nitrogens is 1. The van der Waals surface area contributed by atoms with Crippen LogP contribution >= 0.6 is 27.7 Å². The molecule has 1 aromatic heterocycles. The van der Waals surface area contributed by atoms with Gasteiger partial charge in [-0.05, 0) is 52.3 Å². The summed E-state index contributed by atoms with van der Waals surface area (Å²) < 4.78 is 5.99. The summed E-state index contributed by atoms with van der Waals surface area (Å²) in [5.41, 5.74) is 0. The normalized spacial score (nSPS) is 10.2. The van der Waals surface area contributed by atoms with E-state index in [-0.39, 0.29) is 5.91 Å². The topological polar surface area (TPSA) is 51.2 Å². The van der Waals surface area contributed by atoms with Crippen molar-refractivity contribution >= 4 is 39.4 Å². The number of carbonyl (C=O) groups excluding carboxylic acids is 1. The molecular formula is C15H15BrN2O2S. The molecule has 0 aliphatic rings. The van der Waals surface area contributed by atoms with E-state index in [1.807, 2.05) is 30.3 Å². The summed E-state index contributed by atoms with van der Waals surface area (Å²) >= 11 is 4.94. The Labute approximate surface area is 136 Å². The lowest BCUT2D eigenvalue weighted by molar-refractivity contribution is -0.115. The largest absolute Gasteiger partial charge is 0.497 e. The summed E-state index contributed by atoms with van der Waals surface area (Å²) in [7, 11) is 1.64. The highest BCUT2D eigenvalue weighted by molar-refractivity contribution is 9.10. The van der Waals surface area contributed by atoms with Crippen molar-refractivity contribution < 1.29 is 9.53 Å². The van der Waals surface area contributed by atoms with E-state index in [9.17, 15) is 4.79 Å². The lowest BCUT2D eigenvalue weighted by Crippen LogP contribution is -2.13. The summed E-state index contributed by atoms with van der Waals surface area (Å²) in [5, 5.41) is 2.77. The van der Waals surface area contributed by atoms with Crippen LogP contribution < -0.4 is 10.1 Å². The van der Waals surface area contributed by atoms with E-state index in [0.29, 0.717) is 18.0 Å². The minimum Gasteiger partial charge on any atom is -0.497 e. The van der Waals surface area contributed by atoms with E-state index in [4.69, 9.17) is 4.74 Å². The maximum atomic E-state index is 11.8. The Bertz CT molecular complexity index is 588. The number of pyridine rings is 1. The van der Waals surface area contributed by atoms with Crippen LogP contribution in [-0.4, -0.2) is 23.8 Å². The molecule has 0 aliphatic carbocycles. The van der Waals surface area contributed by atoms with Gasteiger partial charge in [-0.1, -0.05) is 0 Å². The molecule has 110 valence electrons. The van der Waals surface area contributed by atoms with Gasteiger partial charge in [0, 0.05) is 27.7 Å². The van der Waals surface area contributed by atoms with Crippen molar-refractivity contribution in [3.63, 3.8) is 0 Å². The zero-order valence-corrected chi connectivity index (χ0v) is 13.9. The van der Waals surface area contributed by atoms with E-state index in [1.54, 1.807) is 31.1 Å². The van der Waals surface area contributed by atoms with Crippen molar-refractivity contribution in [3.05, 3.63) is 47.1 Å². The average Bonchev–Trinajstić information content (AvgIpc) is 2.50. The van der Waals surface area contributed by atoms with Crippen LogP contribution in [0.25, 0.3) is 0 Å². The molecule has 0 bridgehead atoms. The van der Waals surface area contributed by atoms with Crippen LogP contribution in [0.1, 0.15) is 6.42 Å². The average molecular weight is 367 g/mol. The second-order valence-corrected chi connectivity index (χ2v) is 6.27. The molecule has 1 N–H and O–H groups in total. The highest BCUT2D eigenvalue weighted by Gasteiger charge is 2.04. The van der Waals surface area contributed by atoms with Crippen molar-refractivity contribution in [2.24, 2.45) is 0 Å². The zero-order chi connectivity index (χ0) is 15.1. The van der Waals surface area contributed by atoms with Crippen molar-refractivity contribution in [1.29, 1.82) is 0 Å². The molecule has 0 aliphatic heterocycles. The number of hydrogen-bond acceptors (Lipinski definition) is 4. The van der Waals surface area contributed by atoms with Crippen molar-refractivity contribution in [3.8, 4) is 5.75 Å². The summed E-state index contributed by atoms with van der Waals surface area (Å²) in [4.78, 5) is 17.0. The van der Waals surface area contributed by atoms with E-state index in [0.717, 1.165) is 15.1 Å². The number of ether oxygens (including phenoxy) is 1. The Morgan fingerprint density at radius 1 is 1.29 bits per heavy atom. The molecule has 0 radical (unpaired) electrons. The van der Waals surface area contributed by atoms with Gasteiger partial charge in [-0.2, -0.15) is 0 Å². The first kappa shape index (κ1) is 15.9. The molecule has 0 spiro atoms. The number of rotatable bonds is 6. The van der Waals surface area contributed by atoms with Gasteiger partial charge in [-0.25, -0.2) is 4.98 Å². The molecule has 6 heteroatoms. The maximum absolute atomic E-state index is 11.8. The number of methoxy groups -OCH3 is 1. The third-order valence-corrected chi connectivity index (χ3v) is 4.13. The Kier molecular flexibility index (Phi) is 6.07. The highest BCUT2D eigenvalue weighted by Crippen LogP contribution is 2.22. The molecule has 1 amide bonds. The zero-order valence-electron chi connectivity index (χ0n) is 11.5. The molecule has 2 rings (SSSR count). The summed E-state index contributed by atoms with van der Waals surface area (Å²) in [5.74, 6) is 2.08. The Balaban J connectivity index is 1.74. The lowest BCUT2D eigenvalue weighted by atomic mass is 10.3.